The van der Waals surface area contributed by atoms with Crippen LogP contribution >= 0.6 is 0 Å². The Balaban J connectivity index is 0.00000300. The Morgan fingerprint density at radius 3 is 2.62 bits per heavy atom. The first kappa shape index (κ1) is 28.9. The average molecular weight is 621 g/mol. The maximum Gasteiger partial charge on any atom is 0.166 e. The van der Waals surface area contributed by atoms with Gasteiger partial charge in [0, 0.05) is 48.2 Å². The van der Waals surface area contributed by atoms with Crippen molar-refractivity contribution in [1.82, 2.24) is 4.57 Å². The first-order chi connectivity index (χ1) is 21.7. The molecule has 0 radical (unpaired) electrons. The summed E-state index contributed by atoms with van der Waals surface area (Å²) in [6.07, 6.45) is 9.46. The lowest BCUT2D eigenvalue weighted by Crippen LogP contribution is -3.21. The number of benzene rings is 3. The zero-order valence-corrected chi connectivity index (χ0v) is 26.5. The smallest absolute Gasteiger partial charge is 0.166 e. The largest absolute Gasteiger partial charge is 1.00 e. The number of ether oxygens (including phenoxy) is 3. The molecular formula is C39H41ClN2O3. The van der Waals surface area contributed by atoms with Gasteiger partial charge < -0.3 is 36.1 Å². The molecule has 1 spiro atoms. The van der Waals surface area contributed by atoms with Gasteiger partial charge in [0.1, 0.15) is 18.2 Å². The minimum Gasteiger partial charge on any atom is -1.00 e. The van der Waals surface area contributed by atoms with E-state index in [1.165, 1.54) is 52.7 Å². The highest BCUT2D eigenvalue weighted by Gasteiger charge is 2.76. The van der Waals surface area contributed by atoms with Gasteiger partial charge in [0.15, 0.2) is 17.6 Å². The normalized spacial score (nSPS) is 28.4. The van der Waals surface area contributed by atoms with Gasteiger partial charge in [0.05, 0.1) is 30.8 Å². The predicted octanol–water partition coefficient (Wildman–Crippen LogP) is 2.90. The Morgan fingerprint density at radius 2 is 1.82 bits per heavy atom. The van der Waals surface area contributed by atoms with Crippen molar-refractivity contribution in [2.75, 3.05) is 19.7 Å². The Hall–Kier alpha value is -3.51. The SMILES string of the molecule is C=CCO[C@@]12Cc3c(n(CC=C)c4ccccc34)[C@@H]3Oc4c(OCc5ccccc5)ccc5c4[C@@]31CC[NH+](CC1CC1)[C@@H]2C5.[Cl-]. The van der Waals surface area contributed by atoms with Gasteiger partial charge in [-0.3, -0.25) is 0 Å². The molecule has 2 fully saturated rings. The van der Waals surface area contributed by atoms with Gasteiger partial charge >= 0.3 is 0 Å². The van der Waals surface area contributed by atoms with Crippen molar-refractivity contribution in [3.8, 4) is 11.5 Å². The fourth-order valence-corrected chi connectivity index (χ4v) is 9.65. The van der Waals surface area contributed by atoms with E-state index in [9.17, 15) is 0 Å². The molecule has 5 atom stereocenters. The maximum atomic E-state index is 7.38. The predicted molar refractivity (Wildman–Crippen MR) is 173 cm³/mol. The lowest BCUT2D eigenvalue weighted by molar-refractivity contribution is -0.944. The summed E-state index contributed by atoms with van der Waals surface area (Å²) in [4.78, 5) is 1.72. The van der Waals surface area contributed by atoms with E-state index in [-0.39, 0.29) is 23.9 Å². The monoisotopic (exact) mass is 620 g/mol. The summed E-state index contributed by atoms with van der Waals surface area (Å²) in [6, 6.07) is 24.2. The topological polar surface area (TPSA) is 37.1 Å². The molecule has 5 aliphatic rings. The van der Waals surface area contributed by atoms with Crippen LogP contribution in [0.3, 0.4) is 0 Å². The number of quaternary nitrogens is 1. The highest BCUT2D eigenvalue weighted by atomic mass is 35.5. The van der Waals surface area contributed by atoms with Crippen LogP contribution in [-0.4, -0.2) is 35.9 Å². The molecule has 2 aliphatic heterocycles. The average Bonchev–Trinajstić information content (AvgIpc) is 3.73. The second-order valence-corrected chi connectivity index (χ2v) is 13.7. The van der Waals surface area contributed by atoms with E-state index < -0.39 is 5.60 Å². The number of hydrogen-bond acceptors (Lipinski definition) is 3. The van der Waals surface area contributed by atoms with Crippen LogP contribution in [0.25, 0.3) is 10.9 Å². The van der Waals surface area contributed by atoms with Gasteiger partial charge in [-0.25, -0.2) is 0 Å². The molecule has 4 aromatic rings. The standard InChI is InChI=1S/C39H40N2O3.ClH/c1-3-19-41-31-13-9-8-12-29(31)30-23-39(43-21-4-2)33-22-28-16-17-32(42-25-27-10-6-5-7-11-27)36-34(28)38(39,37(44-36)35(30)41)18-20-40(33)24-26-14-15-26;/h3-13,16-17,26,33,37H,1-2,14-15,18-25H2;1H/t33-,37+,38+,39-;/m1./s1. The molecule has 1 N–H and O–H groups in total. The highest BCUT2D eigenvalue weighted by molar-refractivity contribution is 5.87. The number of fused-ring (bicyclic) bond motifs is 4. The van der Waals surface area contributed by atoms with Crippen LogP contribution in [0.4, 0.5) is 0 Å². The van der Waals surface area contributed by atoms with Crippen LogP contribution in [0.1, 0.15) is 53.3 Å². The number of aromatic nitrogens is 1. The molecular weight excluding hydrogens is 580 g/mol. The molecule has 3 heterocycles. The Morgan fingerprint density at radius 1 is 1.00 bits per heavy atom. The molecule has 0 amide bonds. The summed E-state index contributed by atoms with van der Waals surface area (Å²) in [5.74, 6) is 2.63. The molecule has 45 heavy (non-hydrogen) atoms. The van der Waals surface area contributed by atoms with E-state index in [0.717, 1.165) is 55.3 Å². The first-order valence-corrected chi connectivity index (χ1v) is 16.5. The molecule has 3 aliphatic carbocycles. The van der Waals surface area contributed by atoms with Gasteiger partial charge in [-0.2, -0.15) is 0 Å². The third-order valence-corrected chi connectivity index (χ3v) is 11.5. The van der Waals surface area contributed by atoms with E-state index >= 15 is 0 Å². The number of allylic oxidation sites excluding steroid dienone is 1. The lowest BCUT2D eigenvalue weighted by atomic mass is 9.48. The van der Waals surface area contributed by atoms with Crippen molar-refractivity contribution in [3.63, 3.8) is 0 Å². The number of nitrogens with zero attached hydrogens (tertiary/aromatic N) is 1. The van der Waals surface area contributed by atoms with Gasteiger partial charge in [-0.15, -0.1) is 13.2 Å². The summed E-state index contributed by atoms with van der Waals surface area (Å²) >= 11 is 0. The van der Waals surface area contributed by atoms with Crippen molar-refractivity contribution < 1.29 is 31.5 Å². The number of rotatable bonds is 10. The minimum atomic E-state index is -0.402. The number of para-hydroxylation sites is 1. The first-order valence-electron chi connectivity index (χ1n) is 16.5. The third kappa shape index (κ3) is 4.00. The quantitative estimate of drug-likeness (QED) is 0.277. The summed E-state index contributed by atoms with van der Waals surface area (Å²) in [7, 11) is 0. The van der Waals surface area contributed by atoms with Crippen molar-refractivity contribution in [3.05, 3.63) is 120 Å². The van der Waals surface area contributed by atoms with E-state index in [1.807, 2.05) is 18.2 Å². The molecule has 1 saturated heterocycles. The van der Waals surface area contributed by atoms with Gasteiger partial charge in [0.2, 0.25) is 0 Å². The van der Waals surface area contributed by atoms with E-state index in [2.05, 4.69) is 78.4 Å². The number of hydrogen-bond donors (Lipinski definition) is 1. The van der Waals surface area contributed by atoms with Gasteiger partial charge in [-0.1, -0.05) is 66.7 Å². The van der Waals surface area contributed by atoms with E-state index in [0.29, 0.717) is 19.3 Å². The van der Waals surface area contributed by atoms with Crippen LogP contribution in [0, 0.1) is 5.92 Å². The number of nitrogens with one attached hydrogen (secondary N) is 1. The Labute approximate surface area is 271 Å². The zero-order valence-electron chi connectivity index (χ0n) is 25.8. The molecule has 6 heteroatoms. The van der Waals surface area contributed by atoms with Crippen molar-refractivity contribution in [1.29, 1.82) is 0 Å². The number of likely N-dealkylation sites (tertiary alicyclic amines) is 1. The second-order valence-electron chi connectivity index (χ2n) is 13.7. The zero-order chi connectivity index (χ0) is 29.5. The highest BCUT2D eigenvalue weighted by Crippen LogP contribution is 2.69. The fraction of sp³-hybridized carbons (Fsp3) is 0.385. The maximum absolute atomic E-state index is 7.38. The molecule has 1 saturated carbocycles. The van der Waals surface area contributed by atoms with E-state index in [4.69, 9.17) is 14.2 Å². The summed E-state index contributed by atoms with van der Waals surface area (Å²) < 4.78 is 23.8. The summed E-state index contributed by atoms with van der Waals surface area (Å²) in [5.41, 5.74) is 7.15. The van der Waals surface area contributed by atoms with Crippen LogP contribution in [0.15, 0.2) is 92.0 Å². The molecule has 232 valence electrons. The number of halogens is 1. The second kappa shape index (κ2) is 10.8. The van der Waals surface area contributed by atoms with Crippen LogP contribution in [0.2, 0.25) is 0 Å². The Kier molecular flexibility index (Phi) is 6.94. The fourth-order valence-electron chi connectivity index (χ4n) is 9.65. The summed E-state index contributed by atoms with van der Waals surface area (Å²) in [5, 5.41) is 1.31. The number of piperidine rings is 1. The van der Waals surface area contributed by atoms with Crippen LogP contribution in [0.5, 0.6) is 11.5 Å². The molecule has 5 nitrogen and oxygen atoms in total. The van der Waals surface area contributed by atoms with Crippen molar-refractivity contribution in [2.45, 2.75) is 68.4 Å². The Bertz CT molecular complexity index is 1800. The van der Waals surface area contributed by atoms with Crippen LogP contribution in [-0.2, 0) is 36.1 Å². The third-order valence-electron chi connectivity index (χ3n) is 11.5. The molecule has 1 aromatic heterocycles. The lowest BCUT2D eigenvalue weighted by Gasteiger charge is -2.62. The van der Waals surface area contributed by atoms with E-state index in [1.54, 1.807) is 4.90 Å². The van der Waals surface area contributed by atoms with Gasteiger partial charge in [-0.05, 0) is 41.7 Å². The molecule has 1 unspecified atom stereocenters. The molecule has 3 aromatic carbocycles. The van der Waals surface area contributed by atoms with Crippen LogP contribution < -0.4 is 26.8 Å². The van der Waals surface area contributed by atoms with Crippen molar-refractivity contribution >= 4 is 10.9 Å². The van der Waals surface area contributed by atoms with Crippen molar-refractivity contribution in [2.24, 2.45) is 5.92 Å². The molecule has 2 bridgehead atoms. The van der Waals surface area contributed by atoms with Gasteiger partial charge in [0.25, 0.3) is 0 Å². The summed E-state index contributed by atoms with van der Waals surface area (Å²) in [6.45, 7) is 12.5. The molecule has 9 rings (SSSR count). The minimum absolute atomic E-state index is 0.